The van der Waals surface area contributed by atoms with E-state index in [0.717, 1.165) is 35.8 Å². The van der Waals surface area contributed by atoms with E-state index in [-0.39, 0.29) is 17.8 Å². The van der Waals surface area contributed by atoms with E-state index in [4.69, 9.17) is 4.99 Å². The fourth-order valence-corrected chi connectivity index (χ4v) is 5.02. The van der Waals surface area contributed by atoms with Crippen LogP contribution in [0.3, 0.4) is 0 Å². The highest BCUT2D eigenvalue weighted by Crippen LogP contribution is 2.31. The van der Waals surface area contributed by atoms with Crippen molar-refractivity contribution in [3.05, 3.63) is 71.8 Å². The van der Waals surface area contributed by atoms with Crippen molar-refractivity contribution in [2.24, 2.45) is 16.8 Å². The number of urea groups is 1. The van der Waals surface area contributed by atoms with Gasteiger partial charge in [0.05, 0.1) is 6.54 Å². The number of aliphatic imine (C=N–C) groups is 1. The van der Waals surface area contributed by atoms with Gasteiger partial charge in [0.15, 0.2) is 17.3 Å². The van der Waals surface area contributed by atoms with Gasteiger partial charge in [0, 0.05) is 37.1 Å². The minimum atomic E-state index is -0.275. The lowest BCUT2D eigenvalue weighted by molar-refractivity contribution is 0.216. The lowest BCUT2D eigenvalue weighted by Crippen LogP contribution is -2.49. The maximum absolute atomic E-state index is 13.5. The maximum Gasteiger partial charge on any atom is 0.329 e. The molecule has 0 saturated carbocycles. The maximum atomic E-state index is 13.5. The summed E-state index contributed by atoms with van der Waals surface area (Å²) >= 11 is 0. The van der Waals surface area contributed by atoms with Crippen molar-refractivity contribution in [2.75, 3.05) is 24.7 Å². The molecule has 6 rings (SSSR count). The minimum Gasteiger partial charge on any atom is -0.325 e. The van der Waals surface area contributed by atoms with Gasteiger partial charge in [-0.25, -0.2) is 23.7 Å². The van der Waals surface area contributed by atoms with Crippen LogP contribution in [0.4, 0.5) is 14.9 Å². The van der Waals surface area contributed by atoms with Crippen molar-refractivity contribution in [1.29, 1.82) is 0 Å². The van der Waals surface area contributed by atoms with Gasteiger partial charge in [-0.1, -0.05) is 13.0 Å². The molecule has 9 nitrogen and oxygen atoms in total. The molecule has 0 aliphatic carbocycles. The quantitative estimate of drug-likeness (QED) is 0.648. The molecule has 1 N–H and O–H groups in total. The first kappa shape index (κ1) is 20.8. The highest BCUT2D eigenvalue weighted by atomic mass is 19.1. The Morgan fingerprint density at radius 1 is 1.21 bits per heavy atom. The lowest BCUT2D eigenvalue weighted by atomic mass is 9.96. The van der Waals surface area contributed by atoms with Crippen LogP contribution in [0.5, 0.6) is 0 Å². The van der Waals surface area contributed by atoms with Crippen molar-refractivity contribution in [1.82, 2.24) is 29.7 Å². The van der Waals surface area contributed by atoms with E-state index in [1.165, 1.54) is 12.1 Å². The van der Waals surface area contributed by atoms with E-state index in [2.05, 4.69) is 27.2 Å². The second kappa shape index (κ2) is 7.91. The van der Waals surface area contributed by atoms with Crippen molar-refractivity contribution in [2.45, 2.75) is 20.4 Å². The fraction of sp³-hybridized carbons (Fsp3) is 0.333. The molecule has 1 fully saturated rings. The van der Waals surface area contributed by atoms with Crippen molar-refractivity contribution in [3.63, 3.8) is 0 Å². The number of hydrogen-bond acceptors (Lipinski definition) is 6. The van der Waals surface area contributed by atoms with E-state index < -0.39 is 0 Å². The van der Waals surface area contributed by atoms with E-state index >= 15 is 0 Å². The minimum absolute atomic E-state index is 0.102. The second-order valence-electron chi connectivity index (χ2n) is 9.19. The summed E-state index contributed by atoms with van der Waals surface area (Å²) in [6.45, 7) is 6.67. The van der Waals surface area contributed by atoms with E-state index in [0.29, 0.717) is 30.8 Å². The Hall–Kier alpha value is -3.79. The number of amidine groups is 1. The number of benzene rings is 1. The number of likely N-dealkylation sites (tertiary alicyclic amines) is 1. The number of nitrogens with one attached hydrogen (secondary N) is 1. The number of rotatable bonds is 4. The number of halogens is 1. The van der Waals surface area contributed by atoms with Gasteiger partial charge in [-0.2, -0.15) is 0 Å². The number of carbonyl (C=O) groups excluding carboxylic acids is 1. The summed E-state index contributed by atoms with van der Waals surface area (Å²) in [5.74, 6) is 2.23. The van der Waals surface area contributed by atoms with Crippen LogP contribution in [-0.4, -0.2) is 56.0 Å². The molecule has 0 spiro atoms. The molecule has 2 atom stereocenters. The Balaban J connectivity index is 1.21. The summed E-state index contributed by atoms with van der Waals surface area (Å²) in [4.78, 5) is 28.2. The van der Waals surface area contributed by atoms with Crippen LogP contribution >= 0.6 is 0 Å². The molecular formula is C24H25FN8O. The fourth-order valence-electron chi connectivity index (χ4n) is 5.02. The average Bonchev–Trinajstić information content (AvgIpc) is 3.50. The third-order valence-corrected chi connectivity index (χ3v) is 6.71. The van der Waals surface area contributed by atoms with Crippen LogP contribution in [0.2, 0.25) is 0 Å². The number of nitrogens with zero attached hydrogens (tertiary/aromatic N) is 7. The largest absolute Gasteiger partial charge is 0.329 e. The SMILES string of the molecule is Cc1cc(F)ccc1N1C=C2N=C(C3CN(Cc4nc5ccccn5n4)CC3C)NC(=O)N2C1. The number of hydrogen-bond donors (Lipinski definition) is 1. The molecular weight excluding hydrogens is 435 g/mol. The summed E-state index contributed by atoms with van der Waals surface area (Å²) in [6, 6.07) is 10.3. The summed E-state index contributed by atoms with van der Waals surface area (Å²) in [6.07, 6.45) is 3.75. The molecule has 34 heavy (non-hydrogen) atoms. The molecule has 3 aliphatic rings. The zero-order valence-corrected chi connectivity index (χ0v) is 19.0. The molecule has 1 aromatic carbocycles. The van der Waals surface area contributed by atoms with E-state index in [1.807, 2.05) is 42.4 Å². The summed E-state index contributed by atoms with van der Waals surface area (Å²) in [5, 5.41) is 7.57. The lowest BCUT2D eigenvalue weighted by Gasteiger charge is -2.28. The van der Waals surface area contributed by atoms with Gasteiger partial charge < -0.3 is 4.90 Å². The second-order valence-corrected chi connectivity index (χ2v) is 9.19. The van der Waals surface area contributed by atoms with Crippen LogP contribution in [0.1, 0.15) is 18.3 Å². The van der Waals surface area contributed by atoms with Gasteiger partial charge in [-0.3, -0.25) is 15.1 Å². The van der Waals surface area contributed by atoms with Crippen LogP contribution in [-0.2, 0) is 6.54 Å². The van der Waals surface area contributed by atoms with Crippen LogP contribution in [0.25, 0.3) is 5.65 Å². The Kier molecular flexibility index (Phi) is 4.84. The molecule has 2 unspecified atom stereocenters. The Morgan fingerprint density at radius 3 is 2.91 bits per heavy atom. The van der Waals surface area contributed by atoms with Crippen LogP contribution < -0.4 is 10.2 Å². The first-order valence-corrected chi connectivity index (χ1v) is 11.4. The number of anilines is 1. The standard InChI is InChI=1S/C24H25FN8O/c1-15-9-17(25)6-7-19(15)31-13-22-27-23(28-24(34)32(22)14-31)18-11-30(10-16(18)2)12-20-26-21-5-3-4-8-33(21)29-20/h3-9,13,16,18H,10-12,14H2,1-2H3,(H,27,28,34). The molecule has 5 heterocycles. The van der Waals surface area contributed by atoms with Crippen LogP contribution in [0, 0.1) is 24.6 Å². The van der Waals surface area contributed by atoms with Gasteiger partial charge >= 0.3 is 6.03 Å². The summed E-state index contributed by atoms with van der Waals surface area (Å²) < 4.78 is 15.3. The van der Waals surface area contributed by atoms with E-state index in [1.54, 1.807) is 15.5 Å². The first-order valence-electron chi connectivity index (χ1n) is 11.4. The Morgan fingerprint density at radius 2 is 2.09 bits per heavy atom. The molecule has 0 bridgehead atoms. The van der Waals surface area contributed by atoms with Crippen LogP contribution in [0.15, 0.2) is 59.6 Å². The zero-order chi connectivity index (χ0) is 23.4. The molecule has 174 valence electrons. The van der Waals surface area contributed by atoms with Gasteiger partial charge in [0.2, 0.25) is 0 Å². The summed E-state index contributed by atoms with van der Waals surface area (Å²) in [7, 11) is 0. The normalized spacial score (nSPS) is 22.7. The molecule has 2 aromatic heterocycles. The first-order chi connectivity index (χ1) is 16.4. The molecule has 2 amide bonds. The predicted octanol–water partition coefficient (Wildman–Crippen LogP) is 2.95. The van der Waals surface area contributed by atoms with Gasteiger partial charge in [-0.05, 0) is 48.7 Å². The zero-order valence-electron chi connectivity index (χ0n) is 19.0. The number of carbonyl (C=O) groups is 1. The molecule has 10 heteroatoms. The highest BCUT2D eigenvalue weighted by molar-refractivity contribution is 6.02. The van der Waals surface area contributed by atoms with Gasteiger partial charge in [0.25, 0.3) is 0 Å². The summed E-state index contributed by atoms with van der Waals surface area (Å²) in [5.41, 5.74) is 2.49. The molecule has 0 radical (unpaired) electrons. The number of fused-ring (bicyclic) bond motifs is 2. The number of aromatic nitrogens is 3. The Bertz CT molecular complexity index is 1310. The Labute approximate surface area is 196 Å². The monoisotopic (exact) mass is 460 g/mol. The average molecular weight is 461 g/mol. The molecule has 3 aliphatic heterocycles. The van der Waals surface area contributed by atoms with Crippen molar-refractivity contribution in [3.8, 4) is 0 Å². The smallest absolute Gasteiger partial charge is 0.325 e. The number of amides is 2. The number of aryl methyl sites for hydroxylation is 1. The topological polar surface area (TPSA) is 81.4 Å². The molecule has 1 saturated heterocycles. The third-order valence-electron chi connectivity index (χ3n) is 6.71. The highest BCUT2D eigenvalue weighted by Gasteiger charge is 2.39. The van der Waals surface area contributed by atoms with Crippen molar-refractivity contribution >= 4 is 23.2 Å². The predicted molar refractivity (Wildman–Crippen MR) is 125 cm³/mol. The third kappa shape index (κ3) is 3.60. The van der Waals surface area contributed by atoms with Crippen molar-refractivity contribution < 1.29 is 9.18 Å². The van der Waals surface area contributed by atoms with Gasteiger partial charge in [0.1, 0.15) is 18.3 Å². The van der Waals surface area contributed by atoms with E-state index in [9.17, 15) is 9.18 Å². The molecule has 3 aromatic rings. The van der Waals surface area contributed by atoms with Gasteiger partial charge in [-0.15, -0.1) is 5.10 Å². The number of pyridine rings is 1.